The molecule has 5 aromatic rings. The van der Waals surface area contributed by atoms with E-state index in [0.29, 0.717) is 17.2 Å². The monoisotopic (exact) mass is 400 g/mol. The highest BCUT2D eigenvalue weighted by atomic mass is 35.5. The van der Waals surface area contributed by atoms with Gasteiger partial charge in [0, 0.05) is 10.6 Å². The summed E-state index contributed by atoms with van der Waals surface area (Å²) in [5, 5.41) is 0.712. The molecule has 3 aromatic carbocycles. The van der Waals surface area contributed by atoms with Crippen LogP contribution in [0.15, 0.2) is 72.8 Å². The van der Waals surface area contributed by atoms with Crippen LogP contribution < -0.4 is 4.74 Å². The number of hydrogen-bond acceptors (Lipinski definition) is 4. The Balaban J connectivity index is 1.75. The third-order valence-electron chi connectivity index (χ3n) is 4.89. The molecule has 0 N–H and O–H groups in total. The summed E-state index contributed by atoms with van der Waals surface area (Å²) in [4.78, 5) is 14.4. The van der Waals surface area contributed by atoms with Gasteiger partial charge in [0.1, 0.15) is 11.6 Å². The van der Waals surface area contributed by atoms with Gasteiger partial charge in [-0.1, -0.05) is 41.9 Å². The molecule has 0 saturated carbocycles. The minimum Gasteiger partial charge on any atom is -0.497 e. The topological polar surface area (TPSA) is 52.8 Å². The molecule has 2 aromatic heterocycles. The van der Waals surface area contributed by atoms with E-state index in [1.807, 2.05) is 72.8 Å². The number of fused-ring (bicyclic) bond motifs is 2. The average Bonchev–Trinajstić information content (AvgIpc) is 3.11. The molecular weight excluding hydrogens is 384 g/mol. The molecule has 0 aliphatic rings. The van der Waals surface area contributed by atoms with E-state index in [2.05, 4.69) is 4.57 Å². The first kappa shape index (κ1) is 17.6. The molecular formula is C23H17ClN4O. The van der Waals surface area contributed by atoms with E-state index in [0.717, 1.165) is 39.4 Å². The number of para-hydroxylation sites is 2. The first-order valence-corrected chi connectivity index (χ1v) is 9.61. The van der Waals surface area contributed by atoms with Crippen molar-refractivity contribution in [3.05, 3.63) is 83.4 Å². The number of nitrogens with zero attached hydrogens (tertiary/aromatic N) is 4. The Labute approximate surface area is 172 Å². The molecule has 0 fully saturated rings. The third kappa shape index (κ3) is 3.19. The zero-order valence-electron chi connectivity index (χ0n) is 15.7. The highest BCUT2D eigenvalue weighted by molar-refractivity contribution is 6.31. The molecule has 0 atom stereocenters. The zero-order valence-corrected chi connectivity index (χ0v) is 16.5. The summed E-state index contributed by atoms with van der Waals surface area (Å²) < 4.78 is 7.36. The Kier molecular flexibility index (Phi) is 4.37. The van der Waals surface area contributed by atoms with Gasteiger partial charge in [-0.25, -0.2) is 15.0 Å². The number of methoxy groups -OCH3 is 1. The van der Waals surface area contributed by atoms with Crippen molar-refractivity contribution >= 4 is 33.9 Å². The Morgan fingerprint density at radius 3 is 2.24 bits per heavy atom. The molecule has 0 aliphatic carbocycles. The van der Waals surface area contributed by atoms with Crippen molar-refractivity contribution in [2.45, 2.75) is 6.54 Å². The normalized spacial score (nSPS) is 11.2. The number of imidazole rings is 1. The van der Waals surface area contributed by atoms with E-state index >= 15 is 0 Å². The number of hydrogen-bond donors (Lipinski definition) is 0. The number of ether oxygens (including phenoxy) is 1. The molecule has 142 valence electrons. The molecule has 0 spiro atoms. The minimum atomic E-state index is 0.546. The van der Waals surface area contributed by atoms with Crippen LogP contribution in [0.3, 0.4) is 0 Å². The summed E-state index contributed by atoms with van der Waals surface area (Å²) in [6.45, 7) is 0.546. The minimum absolute atomic E-state index is 0.546. The van der Waals surface area contributed by atoms with Crippen LogP contribution in [0.1, 0.15) is 5.56 Å². The molecule has 2 heterocycles. The maximum absolute atomic E-state index is 6.44. The van der Waals surface area contributed by atoms with E-state index in [4.69, 9.17) is 31.3 Å². The van der Waals surface area contributed by atoms with Crippen molar-refractivity contribution in [1.82, 2.24) is 19.5 Å². The van der Waals surface area contributed by atoms with Gasteiger partial charge in [0.15, 0.2) is 11.3 Å². The smallest absolute Gasteiger partial charge is 0.198 e. The number of halogens is 1. The number of benzene rings is 3. The van der Waals surface area contributed by atoms with E-state index in [1.165, 1.54) is 0 Å². The van der Waals surface area contributed by atoms with E-state index in [-0.39, 0.29) is 0 Å². The standard InChI is InChI=1S/C23H17ClN4O/c1-29-17-12-10-15(11-13-17)22-27-21-23(26-20-9-5-4-8-19(20)25-21)28(22)14-16-6-2-3-7-18(16)24/h2-13H,14H2,1H3. The predicted molar refractivity (Wildman–Crippen MR) is 115 cm³/mol. The van der Waals surface area contributed by atoms with Crippen molar-refractivity contribution in [2.75, 3.05) is 7.11 Å². The first-order chi connectivity index (χ1) is 14.2. The van der Waals surface area contributed by atoms with Crippen LogP contribution in [0.2, 0.25) is 5.02 Å². The fraction of sp³-hybridized carbons (Fsp3) is 0.0870. The van der Waals surface area contributed by atoms with Gasteiger partial charge in [0.25, 0.3) is 0 Å². The lowest BCUT2D eigenvalue weighted by atomic mass is 10.2. The second-order valence-corrected chi connectivity index (χ2v) is 7.11. The van der Waals surface area contributed by atoms with Crippen LogP contribution in [0.25, 0.3) is 33.7 Å². The van der Waals surface area contributed by atoms with Crippen LogP contribution >= 0.6 is 11.6 Å². The van der Waals surface area contributed by atoms with Crippen LogP contribution in [-0.2, 0) is 6.54 Å². The van der Waals surface area contributed by atoms with Gasteiger partial charge >= 0.3 is 0 Å². The van der Waals surface area contributed by atoms with Gasteiger partial charge in [0.2, 0.25) is 0 Å². The zero-order chi connectivity index (χ0) is 19.8. The summed E-state index contributed by atoms with van der Waals surface area (Å²) in [6.07, 6.45) is 0. The molecule has 0 bridgehead atoms. The SMILES string of the molecule is COc1ccc(-c2nc3nc4ccccc4nc3n2Cc2ccccc2Cl)cc1. The highest BCUT2D eigenvalue weighted by Crippen LogP contribution is 2.28. The summed E-state index contributed by atoms with van der Waals surface area (Å²) in [7, 11) is 1.65. The number of aromatic nitrogens is 4. The molecule has 0 unspecified atom stereocenters. The molecule has 0 radical (unpaired) electrons. The highest BCUT2D eigenvalue weighted by Gasteiger charge is 2.17. The van der Waals surface area contributed by atoms with Crippen LogP contribution in [0.5, 0.6) is 5.75 Å². The summed E-state index contributed by atoms with van der Waals surface area (Å²) in [5.41, 5.74) is 4.96. The lowest BCUT2D eigenvalue weighted by molar-refractivity contribution is 0.415. The maximum Gasteiger partial charge on any atom is 0.198 e. The Morgan fingerprint density at radius 2 is 1.52 bits per heavy atom. The lowest BCUT2D eigenvalue weighted by Gasteiger charge is -2.11. The summed E-state index contributed by atoms with van der Waals surface area (Å²) >= 11 is 6.44. The van der Waals surface area contributed by atoms with Gasteiger partial charge in [-0.15, -0.1) is 0 Å². The average molecular weight is 401 g/mol. The summed E-state index contributed by atoms with van der Waals surface area (Å²) in [6, 6.07) is 23.5. The van der Waals surface area contributed by atoms with Crippen molar-refractivity contribution < 1.29 is 4.74 Å². The molecule has 0 aliphatic heterocycles. The molecule has 5 nitrogen and oxygen atoms in total. The maximum atomic E-state index is 6.44. The molecule has 0 amide bonds. The number of rotatable bonds is 4. The first-order valence-electron chi connectivity index (χ1n) is 9.24. The van der Waals surface area contributed by atoms with Gasteiger partial charge in [0.05, 0.1) is 24.7 Å². The fourth-order valence-electron chi connectivity index (χ4n) is 3.41. The third-order valence-corrected chi connectivity index (χ3v) is 5.26. The van der Waals surface area contributed by atoms with Crippen molar-refractivity contribution in [1.29, 1.82) is 0 Å². The fourth-order valence-corrected chi connectivity index (χ4v) is 3.60. The predicted octanol–water partition coefficient (Wildman–Crippen LogP) is 5.36. The van der Waals surface area contributed by atoms with Gasteiger partial charge in [-0.2, -0.15) is 0 Å². The van der Waals surface area contributed by atoms with Crippen LogP contribution in [0, 0.1) is 0 Å². The second-order valence-electron chi connectivity index (χ2n) is 6.70. The van der Waals surface area contributed by atoms with Crippen LogP contribution in [-0.4, -0.2) is 26.6 Å². The second kappa shape index (κ2) is 7.18. The van der Waals surface area contributed by atoms with Crippen molar-refractivity contribution in [3.8, 4) is 17.1 Å². The Bertz CT molecular complexity index is 1330. The van der Waals surface area contributed by atoms with E-state index in [9.17, 15) is 0 Å². The Morgan fingerprint density at radius 1 is 0.828 bits per heavy atom. The van der Waals surface area contributed by atoms with Gasteiger partial charge in [-0.3, -0.25) is 0 Å². The summed E-state index contributed by atoms with van der Waals surface area (Å²) in [5.74, 6) is 1.59. The largest absolute Gasteiger partial charge is 0.497 e. The van der Waals surface area contributed by atoms with Crippen molar-refractivity contribution in [2.24, 2.45) is 0 Å². The molecule has 29 heavy (non-hydrogen) atoms. The van der Waals surface area contributed by atoms with Gasteiger partial charge in [-0.05, 0) is 48.0 Å². The molecule has 0 saturated heterocycles. The quantitative estimate of drug-likeness (QED) is 0.407. The van der Waals surface area contributed by atoms with E-state index in [1.54, 1.807) is 7.11 Å². The van der Waals surface area contributed by atoms with Crippen molar-refractivity contribution in [3.63, 3.8) is 0 Å². The molecule has 6 heteroatoms. The molecule has 5 rings (SSSR count). The Hall–Kier alpha value is -3.44. The van der Waals surface area contributed by atoms with Gasteiger partial charge < -0.3 is 9.30 Å². The van der Waals surface area contributed by atoms with E-state index < -0.39 is 0 Å². The lowest BCUT2D eigenvalue weighted by Crippen LogP contribution is -2.04. The van der Waals surface area contributed by atoms with Crippen LogP contribution in [0.4, 0.5) is 0 Å².